The van der Waals surface area contributed by atoms with Gasteiger partial charge in [-0.15, -0.1) is 0 Å². The predicted octanol–water partition coefficient (Wildman–Crippen LogP) is 5.38. The monoisotopic (exact) mass is 316 g/mol. The number of fused-ring (bicyclic) bond motifs is 1. The van der Waals surface area contributed by atoms with Gasteiger partial charge in [-0.3, -0.25) is 0 Å². The van der Waals surface area contributed by atoms with E-state index in [-0.39, 0.29) is 11.7 Å². The van der Waals surface area contributed by atoms with Gasteiger partial charge in [0.05, 0.1) is 17.4 Å². The Hall–Kier alpha value is -2.13. The first kappa shape index (κ1) is 14.8. The topological polar surface area (TPSA) is 38.7 Å². The zero-order valence-electron chi connectivity index (χ0n) is 12.3. The van der Waals surface area contributed by atoms with Crippen LogP contribution in [0.25, 0.3) is 0 Å². The second-order valence-corrected chi connectivity index (χ2v) is 5.82. The van der Waals surface area contributed by atoms with Gasteiger partial charge >= 0.3 is 0 Å². The van der Waals surface area contributed by atoms with Crippen molar-refractivity contribution >= 4 is 11.6 Å². The summed E-state index contributed by atoms with van der Waals surface area (Å²) in [5.74, 6) is 1.92. The molecule has 0 amide bonds. The van der Waals surface area contributed by atoms with Crippen LogP contribution in [0.1, 0.15) is 23.5 Å². The number of hydrogen-bond donors (Lipinski definition) is 1. The second kappa shape index (κ2) is 5.93. The summed E-state index contributed by atoms with van der Waals surface area (Å²) in [6.45, 7) is 6.18. The number of aryl methyl sites for hydroxylation is 1. The number of halogens is 1. The number of allylic oxidation sites excluding steroid dienone is 1. The highest BCUT2D eigenvalue weighted by Crippen LogP contribution is 2.43. The first-order valence-electron chi connectivity index (χ1n) is 7.13. The molecule has 1 heterocycles. The van der Waals surface area contributed by atoms with Crippen molar-refractivity contribution < 1.29 is 14.6 Å². The van der Waals surface area contributed by atoms with Gasteiger partial charge in [-0.2, -0.15) is 0 Å². The fourth-order valence-corrected chi connectivity index (χ4v) is 2.76. The summed E-state index contributed by atoms with van der Waals surface area (Å²) in [4.78, 5) is 0. The first-order chi connectivity index (χ1) is 10.5. The van der Waals surface area contributed by atoms with E-state index in [0.29, 0.717) is 35.3 Å². The molecule has 0 aromatic heterocycles. The molecule has 4 heteroatoms. The normalized spacial score (nSPS) is 16.5. The average molecular weight is 317 g/mol. The lowest BCUT2D eigenvalue weighted by atomic mass is 9.92. The summed E-state index contributed by atoms with van der Waals surface area (Å²) in [7, 11) is 0. The molecule has 3 nitrogen and oxygen atoms in total. The molecule has 3 rings (SSSR count). The van der Waals surface area contributed by atoms with Gasteiger partial charge in [0.25, 0.3) is 0 Å². The van der Waals surface area contributed by atoms with Crippen molar-refractivity contribution in [3.05, 3.63) is 64.9 Å². The van der Waals surface area contributed by atoms with Gasteiger partial charge < -0.3 is 14.6 Å². The van der Waals surface area contributed by atoms with Crippen molar-refractivity contribution in [2.24, 2.45) is 0 Å². The smallest absolute Gasteiger partial charge is 0.149 e. The highest BCUT2D eigenvalue weighted by Gasteiger charge is 2.25. The molecule has 0 saturated carbocycles. The number of benzene rings is 2. The molecule has 2 aromatic carbocycles. The molecule has 1 aliphatic heterocycles. The van der Waals surface area contributed by atoms with Crippen molar-refractivity contribution in [3.63, 3.8) is 0 Å². The molecular weight excluding hydrogens is 300 g/mol. The van der Waals surface area contributed by atoms with Crippen molar-refractivity contribution in [1.82, 2.24) is 0 Å². The van der Waals surface area contributed by atoms with Crippen LogP contribution in [0.4, 0.5) is 0 Å². The zero-order chi connectivity index (χ0) is 15.7. The van der Waals surface area contributed by atoms with Gasteiger partial charge in [-0.25, -0.2) is 0 Å². The van der Waals surface area contributed by atoms with E-state index in [2.05, 4.69) is 6.58 Å². The Kier molecular flexibility index (Phi) is 3.99. The standard InChI is InChI=1S/C18H17ClO3/c1-11-3-5-13(6-4-11)22-18-10-17-15(9-16(18)19)14(12(2)20)7-8-21-17/h3-6,9-10,14,20H,2,7-8H2,1H3. The number of ether oxygens (including phenoxy) is 2. The molecule has 114 valence electrons. The molecule has 0 fully saturated rings. The highest BCUT2D eigenvalue weighted by atomic mass is 35.5. The Labute approximate surface area is 134 Å². The van der Waals surface area contributed by atoms with Crippen molar-refractivity contribution in [1.29, 1.82) is 0 Å². The molecule has 0 bridgehead atoms. The molecule has 2 aromatic rings. The molecule has 1 unspecified atom stereocenters. The average Bonchev–Trinajstić information content (AvgIpc) is 2.49. The van der Waals surface area contributed by atoms with Crippen LogP contribution in [0.5, 0.6) is 17.2 Å². The molecular formula is C18H17ClO3. The molecule has 1 atom stereocenters. The largest absolute Gasteiger partial charge is 0.512 e. The van der Waals surface area contributed by atoms with E-state index in [9.17, 15) is 5.11 Å². The van der Waals surface area contributed by atoms with Gasteiger partial charge in [-0.05, 0) is 31.5 Å². The molecule has 1 N–H and O–H groups in total. The third-order valence-electron chi connectivity index (χ3n) is 3.75. The SMILES string of the molecule is C=C(O)C1CCOc2cc(Oc3ccc(C)cc3)c(Cl)cc21. The van der Waals surface area contributed by atoms with E-state index in [1.807, 2.05) is 31.2 Å². The number of aliphatic hydroxyl groups is 1. The van der Waals surface area contributed by atoms with Crippen LogP contribution in [0.15, 0.2) is 48.7 Å². The first-order valence-corrected chi connectivity index (χ1v) is 7.51. The van der Waals surface area contributed by atoms with Crippen LogP contribution in [0.3, 0.4) is 0 Å². The third-order valence-corrected chi connectivity index (χ3v) is 4.05. The minimum Gasteiger partial charge on any atom is -0.512 e. The van der Waals surface area contributed by atoms with Crippen LogP contribution in [0.2, 0.25) is 5.02 Å². The van der Waals surface area contributed by atoms with E-state index >= 15 is 0 Å². The maximum Gasteiger partial charge on any atom is 0.149 e. The van der Waals surface area contributed by atoms with Crippen LogP contribution >= 0.6 is 11.6 Å². The van der Waals surface area contributed by atoms with Crippen LogP contribution in [-0.4, -0.2) is 11.7 Å². The molecule has 1 aliphatic rings. The summed E-state index contributed by atoms with van der Waals surface area (Å²) in [5.41, 5.74) is 2.01. The van der Waals surface area contributed by atoms with Crippen LogP contribution in [-0.2, 0) is 0 Å². The molecule has 0 radical (unpaired) electrons. The Bertz CT molecular complexity index is 707. The van der Waals surface area contributed by atoms with Gasteiger partial charge in [0.15, 0.2) is 0 Å². The van der Waals surface area contributed by atoms with Crippen LogP contribution in [0, 0.1) is 6.92 Å². The van der Waals surface area contributed by atoms with Crippen LogP contribution < -0.4 is 9.47 Å². The van der Waals surface area contributed by atoms with Crippen molar-refractivity contribution in [3.8, 4) is 17.2 Å². The van der Waals surface area contributed by atoms with Crippen molar-refractivity contribution in [2.75, 3.05) is 6.61 Å². The third kappa shape index (κ3) is 2.90. The summed E-state index contributed by atoms with van der Waals surface area (Å²) in [6.07, 6.45) is 0.691. The van der Waals surface area contributed by atoms with Gasteiger partial charge in [0.1, 0.15) is 17.2 Å². The van der Waals surface area contributed by atoms with Gasteiger partial charge in [0, 0.05) is 17.5 Å². The minimum atomic E-state index is -0.144. The van der Waals surface area contributed by atoms with Gasteiger partial charge in [0.2, 0.25) is 0 Å². The van der Waals surface area contributed by atoms with E-state index in [1.165, 1.54) is 0 Å². The quantitative estimate of drug-likeness (QED) is 0.773. The predicted molar refractivity (Wildman–Crippen MR) is 87.3 cm³/mol. The fourth-order valence-electron chi connectivity index (χ4n) is 2.55. The Morgan fingerprint density at radius 1 is 1.32 bits per heavy atom. The van der Waals surface area contributed by atoms with E-state index in [0.717, 1.165) is 11.1 Å². The lowest BCUT2D eigenvalue weighted by molar-refractivity contribution is 0.250. The second-order valence-electron chi connectivity index (χ2n) is 5.42. The summed E-state index contributed by atoms with van der Waals surface area (Å²) >= 11 is 6.32. The van der Waals surface area contributed by atoms with E-state index in [1.54, 1.807) is 12.1 Å². The number of rotatable bonds is 3. The summed E-state index contributed by atoms with van der Waals surface area (Å²) < 4.78 is 11.5. The van der Waals surface area contributed by atoms with E-state index < -0.39 is 0 Å². The summed E-state index contributed by atoms with van der Waals surface area (Å²) in [5, 5.41) is 10.2. The Morgan fingerprint density at radius 3 is 2.73 bits per heavy atom. The van der Waals surface area contributed by atoms with Gasteiger partial charge in [-0.1, -0.05) is 35.9 Å². The highest BCUT2D eigenvalue weighted by molar-refractivity contribution is 6.32. The lowest BCUT2D eigenvalue weighted by Crippen LogP contribution is -2.15. The molecule has 22 heavy (non-hydrogen) atoms. The molecule has 0 saturated heterocycles. The fraction of sp³-hybridized carbons (Fsp3) is 0.222. The van der Waals surface area contributed by atoms with Crippen molar-refractivity contribution in [2.45, 2.75) is 19.3 Å². The zero-order valence-corrected chi connectivity index (χ0v) is 13.1. The van der Waals surface area contributed by atoms with E-state index in [4.69, 9.17) is 21.1 Å². The number of aliphatic hydroxyl groups excluding tert-OH is 1. The number of hydrogen-bond acceptors (Lipinski definition) is 3. The maximum absolute atomic E-state index is 9.72. The molecule has 0 spiro atoms. The molecule has 0 aliphatic carbocycles. The summed E-state index contributed by atoms with van der Waals surface area (Å²) in [6, 6.07) is 11.3. The Morgan fingerprint density at radius 2 is 2.05 bits per heavy atom. The Balaban J connectivity index is 1.94. The lowest BCUT2D eigenvalue weighted by Gasteiger charge is -2.26. The maximum atomic E-state index is 9.72. The minimum absolute atomic E-state index is 0.132.